The predicted octanol–water partition coefficient (Wildman–Crippen LogP) is 2.32. The summed E-state index contributed by atoms with van der Waals surface area (Å²) in [5.74, 6) is 0.0662. The van der Waals surface area contributed by atoms with Crippen LogP contribution in [-0.2, 0) is 14.8 Å². The summed E-state index contributed by atoms with van der Waals surface area (Å²) in [6, 6.07) is 4.98. The lowest BCUT2D eigenvalue weighted by Gasteiger charge is -2.11. The van der Waals surface area contributed by atoms with E-state index in [0.717, 1.165) is 5.56 Å². The number of nitrogens with one attached hydrogen (secondary N) is 2. The smallest absolute Gasteiger partial charge is 0.232 e. The van der Waals surface area contributed by atoms with Gasteiger partial charge in [-0.2, -0.15) is 0 Å². The number of anilines is 2. The number of halogens is 1. The number of hydrogen-bond acceptors (Lipinski definition) is 3. The fourth-order valence-electron chi connectivity index (χ4n) is 1.48. The number of sulfonamides is 1. The lowest BCUT2D eigenvalue weighted by atomic mass is 10.2. The van der Waals surface area contributed by atoms with Crippen LogP contribution in [0.15, 0.2) is 18.2 Å². The van der Waals surface area contributed by atoms with Gasteiger partial charge in [-0.05, 0) is 31.0 Å². The summed E-state index contributed by atoms with van der Waals surface area (Å²) in [5.41, 5.74) is 1.87. The monoisotopic (exact) mass is 304 g/mol. The summed E-state index contributed by atoms with van der Waals surface area (Å²) in [5, 5.41) is 2.65. The van der Waals surface area contributed by atoms with Gasteiger partial charge in [0.1, 0.15) is 0 Å². The minimum absolute atomic E-state index is 0.0279. The van der Waals surface area contributed by atoms with E-state index in [9.17, 15) is 13.2 Å². The van der Waals surface area contributed by atoms with Crippen molar-refractivity contribution in [2.24, 2.45) is 0 Å². The Morgan fingerprint density at radius 1 is 1.37 bits per heavy atom. The van der Waals surface area contributed by atoms with E-state index in [4.69, 9.17) is 11.6 Å². The Morgan fingerprint density at radius 2 is 2.05 bits per heavy atom. The molecule has 106 valence electrons. The average Bonchev–Trinajstić information content (AvgIpc) is 2.30. The summed E-state index contributed by atoms with van der Waals surface area (Å²) in [6.45, 7) is 3.23. The van der Waals surface area contributed by atoms with Crippen molar-refractivity contribution in [3.8, 4) is 0 Å². The van der Waals surface area contributed by atoms with Crippen molar-refractivity contribution < 1.29 is 13.2 Å². The van der Waals surface area contributed by atoms with Crippen LogP contribution in [0.1, 0.15) is 18.9 Å². The Balaban J connectivity index is 2.87. The highest BCUT2D eigenvalue weighted by Gasteiger charge is 2.11. The van der Waals surface area contributed by atoms with Crippen molar-refractivity contribution in [3.63, 3.8) is 0 Å². The molecule has 1 rings (SSSR count). The van der Waals surface area contributed by atoms with E-state index < -0.39 is 10.0 Å². The quantitative estimate of drug-likeness (QED) is 0.792. The first-order chi connectivity index (χ1) is 8.84. The average molecular weight is 305 g/mol. The van der Waals surface area contributed by atoms with Gasteiger partial charge in [-0.1, -0.05) is 6.07 Å². The first-order valence-electron chi connectivity index (χ1n) is 5.79. The van der Waals surface area contributed by atoms with E-state index in [-0.39, 0.29) is 11.7 Å². The summed E-state index contributed by atoms with van der Waals surface area (Å²) < 4.78 is 25.9. The number of rotatable bonds is 6. The van der Waals surface area contributed by atoms with Gasteiger partial charge in [-0.15, -0.1) is 11.6 Å². The first-order valence-corrected chi connectivity index (χ1v) is 7.97. The van der Waals surface area contributed by atoms with E-state index in [1.165, 1.54) is 6.92 Å². The zero-order valence-corrected chi connectivity index (χ0v) is 12.4. The Morgan fingerprint density at radius 3 is 2.63 bits per heavy atom. The van der Waals surface area contributed by atoms with Gasteiger partial charge < -0.3 is 5.32 Å². The highest BCUT2D eigenvalue weighted by molar-refractivity contribution is 7.92. The molecular weight excluding hydrogens is 288 g/mol. The zero-order chi connectivity index (χ0) is 14.5. The molecule has 0 saturated carbocycles. The van der Waals surface area contributed by atoms with Gasteiger partial charge in [-0.3, -0.25) is 9.52 Å². The van der Waals surface area contributed by atoms with Crippen molar-refractivity contribution in [1.29, 1.82) is 0 Å². The molecular formula is C12H17ClN2O3S. The normalized spacial score (nSPS) is 11.1. The molecule has 0 heterocycles. The van der Waals surface area contributed by atoms with Crippen LogP contribution in [-0.4, -0.2) is 26.0 Å². The highest BCUT2D eigenvalue weighted by atomic mass is 35.5. The number of carbonyl (C=O) groups is 1. The minimum atomic E-state index is -3.40. The van der Waals surface area contributed by atoms with Crippen molar-refractivity contribution in [2.75, 3.05) is 21.7 Å². The molecule has 1 aromatic rings. The lowest BCUT2D eigenvalue weighted by Crippen LogP contribution is -2.17. The van der Waals surface area contributed by atoms with Crippen molar-refractivity contribution >= 4 is 38.9 Å². The molecule has 7 heteroatoms. The molecule has 0 aliphatic heterocycles. The summed E-state index contributed by atoms with van der Waals surface area (Å²) in [4.78, 5) is 11.0. The molecule has 0 radical (unpaired) electrons. The fraction of sp³-hybridized carbons (Fsp3) is 0.417. The highest BCUT2D eigenvalue weighted by Crippen LogP contribution is 2.21. The third kappa shape index (κ3) is 5.48. The van der Waals surface area contributed by atoms with E-state index in [1.807, 2.05) is 6.92 Å². The second-order valence-corrected chi connectivity index (χ2v) is 6.39. The number of alkyl halides is 1. The Kier molecular flexibility index (Phi) is 5.62. The van der Waals surface area contributed by atoms with E-state index >= 15 is 0 Å². The zero-order valence-electron chi connectivity index (χ0n) is 10.9. The van der Waals surface area contributed by atoms with Crippen LogP contribution in [0.4, 0.5) is 11.4 Å². The van der Waals surface area contributed by atoms with Gasteiger partial charge in [-0.25, -0.2) is 8.42 Å². The van der Waals surface area contributed by atoms with Crippen molar-refractivity contribution in [1.82, 2.24) is 0 Å². The molecule has 0 saturated heterocycles. The van der Waals surface area contributed by atoms with Crippen LogP contribution in [0, 0.1) is 6.92 Å². The maximum atomic E-state index is 11.7. The molecule has 0 bridgehead atoms. The van der Waals surface area contributed by atoms with Gasteiger partial charge in [0.2, 0.25) is 15.9 Å². The molecule has 0 unspecified atom stereocenters. The van der Waals surface area contributed by atoms with Crippen molar-refractivity contribution in [2.45, 2.75) is 20.3 Å². The molecule has 0 aliphatic rings. The number of aryl methyl sites for hydroxylation is 1. The fourth-order valence-corrected chi connectivity index (χ4v) is 2.89. The van der Waals surface area contributed by atoms with Crippen LogP contribution < -0.4 is 10.0 Å². The summed E-state index contributed by atoms with van der Waals surface area (Å²) >= 11 is 5.47. The number of amides is 1. The lowest BCUT2D eigenvalue weighted by molar-refractivity contribution is -0.114. The summed E-state index contributed by atoms with van der Waals surface area (Å²) in [6.07, 6.45) is 0.390. The van der Waals surface area contributed by atoms with Gasteiger partial charge in [0, 0.05) is 18.5 Å². The molecule has 19 heavy (non-hydrogen) atoms. The molecule has 5 nitrogen and oxygen atoms in total. The van der Waals surface area contributed by atoms with Gasteiger partial charge in [0.25, 0.3) is 0 Å². The van der Waals surface area contributed by atoms with Gasteiger partial charge in [0.15, 0.2) is 0 Å². The van der Waals surface area contributed by atoms with Gasteiger partial charge in [0.05, 0.1) is 11.4 Å². The first kappa shape index (κ1) is 15.8. The van der Waals surface area contributed by atoms with Crippen molar-refractivity contribution in [3.05, 3.63) is 23.8 Å². The standard InChI is InChI=1S/C12H17ClN2O3S/c1-9-4-5-11(8-12(9)14-10(2)16)15-19(17,18)7-3-6-13/h4-5,8,15H,3,6-7H2,1-2H3,(H,14,16). The van der Waals surface area contributed by atoms with Crippen LogP contribution in [0.5, 0.6) is 0 Å². The second kappa shape index (κ2) is 6.77. The molecule has 0 aliphatic carbocycles. The molecule has 2 N–H and O–H groups in total. The molecule has 0 fully saturated rings. The third-order valence-electron chi connectivity index (χ3n) is 2.37. The second-order valence-electron chi connectivity index (χ2n) is 4.17. The van der Waals surface area contributed by atoms with Crippen LogP contribution in [0.3, 0.4) is 0 Å². The van der Waals surface area contributed by atoms with Crippen LogP contribution in [0.25, 0.3) is 0 Å². The Bertz CT molecular complexity index is 558. The van der Waals surface area contributed by atoms with Crippen LogP contribution in [0.2, 0.25) is 0 Å². The largest absolute Gasteiger partial charge is 0.326 e. The summed E-state index contributed by atoms with van der Waals surface area (Å²) in [7, 11) is -3.40. The third-order valence-corrected chi connectivity index (χ3v) is 4.01. The SMILES string of the molecule is CC(=O)Nc1cc(NS(=O)(=O)CCCCl)ccc1C. The number of hydrogen-bond donors (Lipinski definition) is 2. The maximum Gasteiger partial charge on any atom is 0.232 e. The number of benzene rings is 1. The molecule has 1 amide bonds. The molecule has 0 spiro atoms. The number of carbonyl (C=O) groups excluding carboxylic acids is 1. The predicted molar refractivity (Wildman–Crippen MR) is 78.2 cm³/mol. The Hall–Kier alpha value is -1.27. The molecule has 0 aromatic heterocycles. The van der Waals surface area contributed by atoms with Crippen LogP contribution >= 0.6 is 11.6 Å². The van der Waals surface area contributed by atoms with E-state index in [0.29, 0.717) is 23.7 Å². The van der Waals surface area contributed by atoms with E-state index in [2.05, 4.69) is 10.0 Å². The van der Waals surface area contributed by atoms with Gasteiger partial charge >= 0.3 is 0 Å². The van der Waals surface area contributed by atoms with E-state index in [1.54, 1.807) is 18.2 Å². The minimum Gasteiger partial charge on any atom is -0.326 e. The maximum absolute atomic E-state index is 11.7. The Labute approximate surface area is 118 Å². The molecule has 0 atom stereocenters. The molecule has 1 aromatic carbocycles. The topological polar surface area (TPSA) is 75.3 Å².